The van der Waals surface area contributed by atoms with Gasteiger partial charge in [-0.25, -0.2) is 0 Å². The third-order valence-electron chi connectivity index (χ3n) is 5.46. The van der Waals surface area contributed by atoms with E-state index in [0.29, 0.717) is 0 Å². The van der Waals surface area contributed by atoms with Crippen LogP contribution in [-0.2, 0) is 5.54 Å². The molecule has 1 atom stereocenters. The highest BCUT2D eigenvalue weighted by molar-refractivity contribution is 14.1. The summed E-state index contributed by atoms with van der Waals surface area (Å²) >= 11 is 4.71. The Kier molecular flexibility index (Phi) is 5.53. The summed E-state index contributed by atoms with van der Waals surface area (Å²) in [6, 6.07) is 21.9. The molecule has 1 aliphatic rings. The summed E-state index contributed by atoms with van der Waals surface area (Å²) in [5.41, 5.74) is 8.01. The number of aryl methyl sites for hydroxylation is 2. The molecule has 4 heteroatoms. The summed E-state index contributed by atoms with van der Waals surface area (Å²) < 4.78 is 2.48. The van der Waals surface area contributed by atoms with Crippen molar-refractivity contribution in [1.82, 2.24) is 0 Å². The van der Waals surface area contributed by atoms with E-state index in [2.05, 4.69) is 132 Å². The van der Waals surface area contributed by atoms with Gasteiger partial charge >= 0.3 is 0 Å². The maximum absolute atomic E-state index is 5.13. The minimum Gasteiger partial charge on any atom is -0.374 e. The van der Waals surface area contributed by atoms with Gasteiger partial charge in [-0.15, -0.1) is 0 Å². The largest absolute Gasteiger partial charge is 0.374 e. The van der Waals surface area contributed by atoms with E-state index in [0.717, 1.165) is 23.5 Å². The SMILES string of the molecule is Cc1cc2c(cc1C)NC(C)(c1ccc(I)cc1)CC(c1ccc(I)cc1)=N2. The van der Waals surface area contributed by atoms with Crippen LogP contribution in [0.3, 0.4) is 0 Å². The predicted molar refractivity (Wildman–Crippen MR) is 136 cm³/mol. The number of rotatable bonds is 2. The first kappa shape index (κ1) is 19.9. The number of hydrogen-bond donors (Lipinski definition) is 1. The first-order chi connectivity index (χ1) is 13.3. The molecular weight excluding hydrogens is 570 g/mol. The van der Waals surface area contributed by atoms with Crippen molar-refractivity contribution in [3.63, 3.8) is 0 Å². The molecule has 0 aromatic heterocycles. The Hall–Kier alpha value is -1.41. The molecule has 0 saturated heterocycles. The number of anilines is 1. The molecule has 4 rings (SSSR count). The fourth-order valence-electron chi connectivity index (χ4n) is 3.66. The Labute approximate surface area is 194 Å². The van der Waals surface area contributed by atoms with Crippen LogP contribution in [0.2, 0.25) is 0 Å². The van der Waals surface area contributed by atoms with Gasteiger partial charge in [-0.1, -0.05) is 24.3 Å². The van der Waals surface area contributed by atoms with Crippen molar-refractivity contribution < 1.29 is 0 Å². The zero-order chi connectivity index (χ0) is 19.9. The van der Waals surface area contributed by atoms with E-state index in [4.69, 9.17) is 4.99 Å². The minimum absolute atomic E-state index is 0.237. The fraction of sp³-hybridized carbons (Fsp3) is 0.208. The number of nitrogens with one attached hydrogen (secondary N) is 1. The van der Waals surface area contributed by atoms with E-state index in [1.807, 2.05) is 0 Å². The highest BCUT2D eigenvalue weighted by Gasteiger charge is 2.32. The van der Waals surface area contributed by atoms with Gasteiger partial charge < -0.3 is 5.32 Å². The summed E-state index contributed by atoms with van der Waals surface area (Å²) in [5, 5.41) is 3.83. The standard InChI is InChI=1S/C24H22I2N2/c1-15-12-21-22(13-16(15)2)28-24(3,18-6-10-20(26)11-7-18)14-23(27-21)17-4-8-19(25)9-5-17/h4-13,28H,14H2,1-3H3. The fourth-order valence-corrected chi connectivity index (χ4v) is 4.37. The quantitative estimate of drug-likeness (QED) is 0.309. The first-order valence-corrected chi connectivity index (χ1v) is 11.5. The molecular formula is C24H22I2N2. The molecule has 3 aromatic rings. The molecule has 0 saturated carbocycles. The summed E-state index contributed by atoms with van der Waals surface area (Å²) in [5.74, 6) is 0. The lowest BCUT2D eigenvalue weighted by Crippen LogP contribution is -2.34. The Balaban J connectivity index is 1.89. The van der Waals surface area contributed by atoms with Gasteiger partial charge in [0.2, 0.25) is 0 Å². The molecule has 0 spiro atoms. The highest BCUT2D eigenvalue weighted by atomic mass is 127. The van der Waals surface area contributed by atoms with Crippen LogP contribution in [0.1, 0.15) is 35.6 Å². The lowest BCUT2D eigenvalue weighted by atomic mass is 9.85. The second kappa shape index (κ2) is 7.78. The molecule has 3 aromatic carbocycles. The van der Waals surface area contributed by atoms with Crippen LogP contribution in [0.15, 0.2) is 65.7 Å². The molecule has 142 valence electrons. The minimum atomic E-state index is -0.237. The molecule has 0 bridgehead atoms. The molecule has 1 aliphatic heterocycles. The molecule has 0 amide bonds. The number of benzene rings is 3. The monoisotopic (exact) mass is 592 g/mol. The molecule has 0 aliphatic carbocycles. The van der Waals surface area contributed by atoms with Crippen molar-refractivity contribution in [3.8, 4) is 0 Å². The molecule has 28 heavy (non-hydrogen) atoms. The lowest BCUT2D eigenvalue weighted by Gasteiger charge is -2.32. The van der Waals surface area contributed by atoms with Crippen LogP contribution in [0.25, 0.3) is 0 Å². The molecule has 2 nitrogen and oxygen atoms in total. The van der Waals surface area contributed by atoms with Crippen molar-refractivity contribution >= 4 is 62.3 Å². The van der Waals surface area contributed by atoms with Crippen LogP contribution in [0, 0.1) is 21.0 Å². The normalized spacial score (nSPS) is 18.7. The number of aliphatic imine (C=N–C) groups is 1. The van der Waals surface area contributed by atoms with E-state index < -0.39 is 0 Å². The van der Waals surface area contributed by atoms with Crippen molar-refractivity contribution in [3.05, 3.63) is 90.1 Å². The van der Waals surface area contributed by atoms with Crippen LogP contribution >= 0.6 is 45.2 Å². The zero-order valence-corrected chi connectivity index (χ0v) is 20.5. The molecule has 1 unspecified atom stereocenters. The molecule has 0 fully saturated rings. The Bertz CT molecular complexity index is 1050. The number of fused-ring (bicyclic) bond motifs is 1. The van der Waals surface area contributed by atoms with E-state index >= 15 is 0 Å². The van der Waals surface area contributed by atoms with Gasteiger partial charge in [0, 0.05) is 13.6 Å². The average Bonchev–Trinajstić information content (AvgIpc) is 2.80. The van der Waals surface area contributed by atoms with Crippen LogP contribution in [-0.4, -0.2) is 5.71 Å². The smallest absolute Gasteiger partial charge is 0.0867 e. The van der Waals surface area contributed by atoms with Crippen molar-refractivity contribution in [2.75, 3.05) is 5.32 Å². The van der Waals surface area contributed by atoms with E-state index in [-0.39, 0.29) is 5.54 Å². The third-order valence-corrected chi connectivity index (χ3v) is 6.90. The topological polar surface area (TPSA) is 24.4 Å². The van der Waals surface area contributed by atoms with Gasteiger partial charge in [0.15, 0.2) is 0 Å². The van der Waals surface area contributed by atoms with Crippen molar-refractivity contribution in [1.29, 1.82) is 0 Å². The van der Waals surface area contributed by atoms with Crippen LogP contribution < -0.4 is 5.32 Å². The highest BCUT2D eigenvalue weighted by Crippen LogP contribution is 2.40. The van der Waals surface area contributed by atoms with Gasteiger partial charge in [0.05, 0.1) is 22.6 Å². The van der Waals surface area contributed by atoms with Gasteiger partial charge in [-0.2, -0.15) is 0 Å². The molecule has 1 heterocycles. The van der Waals surface area contributed by atoms with E-state index in [1.165, 1.54) is 29.4 Å². The Morgan fingerprint density at radius 3 is 2.07 bits per heavy atom. The van der Waals surface area contributed by atoms with Gasteiger partial charge in [-0.05, 0) is 125 Å². The summed E-state index contributed by atoms with van der Waals surface area (Å²) in [6.45, 7) is 6.59. The maximum atomic E-state index is 5.13. The number of hydrogen-bond acceptors (Lipinski definition) is 2. The summed E-state index contributed by atoms with van der Waals surface area (Å²) in [7, 11) is 0. The maximum Gasteiger partial charge on any atom is 0.0867 e. The van der Waals surface area contributed by atoms with Gasteiger partial charge in [0.25, 0.3) is 0 Å². The Morgan fingerprint density at radius 1 is 0.857 bits per heavy atom. The summed E-state index contributed by atoms with van der Waals surface area (Å²) in [6.07, 6.45) is 0.820. The van der Waals surface area contributed by atoms with Crippen LogP contribution in [0.4, 0.5) is 11.4 Å². The summed E-state index contributed by atoms with van der Waals surface area (Å²) in [4.78, 5) is 5.13. The predicted octanol–water partition coefficient (Wildman–Crippen LogP) is 7.36. The Morgan fingerprint density at radius 2 is 1.43 bits per heavy atom. The average molecular weight is 592 g/mol. The van der Waals surface area contributed by atoms with Crippen molar-refractivity contribution in [2.45, 2.75) is 32.7 Å². The first-order valence-electron chi connectivity index (χ1n) is 9.33. The second-order valence-electron chi connectivity index (χ2n) is 7.66. The number of halogens is 2. The van der Waals surface area contributed by atoms with E-state index in [9.17, 15) is 0 Å². The second-order valence-corrected chi connectivity index (χ2v) is 10.2. The van der Waals surface area contributed by atoms with Gasteiger partial charge in [-0.3, -0.25) is 4.99 Å². The van der Waals surface area contributed by atoms with Crippen LogP contribution in [0.5, 0.6) is 0 Å². The lowest BCUT2D eigenvalue weighted by molar-refractivity contribution is 0.571. The molecule has 0 radical (unpaired) electrons. The molecule has 1 N–H and O–H groups in total. The zero-order valence-electron chi connectivity index (χ0n) is 16.2. The number of nitrogens with zero attached hydrogens (tertiary/aromatic N) is 1. The van der Waals surface area contributed by atoms with Gasteiger partial charge in [0.1, 0.15) is 0 Å². The van der Waals surface area contributed by atoms with Crippen molar-refractivity contribution in [2.24, 2.45) is 4.99 Å². The third kappa shape index (κ3) is 3.99. The van der Waals surface area contributed by atoms with E-state index in [1.54, 1.807) is 0 Å².